The van der Waals surface area contributed by atoms with Gasteiger partial charge in [0.1, 0.15) is 12.6 Å². The van der Waals surface area contributed by atoms with Crippen molar-refractivity contribution in [2.24, 2.45) is 13.0 Å². The fraction of sp³-hybridized carbons (Fsp3) is 0.647. The molecule has 4 heteroatoms. The molecule has 0 aromatic carbocycles. The monoisotopic (exact) mass is 403 g/mol. The number of aryl methyl sites for hydroxylation is 1. The van der Waals surface area contributed by atoms with Crippen LogP contribution in [0, 0.1) is 5.92 Å². The Balaban J connectivity index is 0.00000220. The van der Waals surface area contributed by atoms with Crippen molar-refractivity contribution in [3.63, 3.8) is 0 Å². The standard InChI is InChI=1S/C17H26NO2.HI/c1-14(2)16(19)20-17(10-6-4-7-11-17)13-15-9-5-8-12-18(15)3;/h5,8-9,12,14H,4,6-7,10-11,13H2,1-3H3;1H/q+1;/p-1. The normalized spacial score (nSPS) is 17.1. The first-order valence-corrected chi connectivity index (χ1v) is 7.69. The molecular formula is C17H26INO2. The fourth-order valence-electron chi connectivity index (χ4n) is 2.91. The summed E-state index contributed by atoms with van der Waals surface area (Å²) < 4.78 is 8.07. The van der Waals surface area contributed by atoms with Crippen LogP contribution in [0.4, 0.5) is 0 Å². The van der Waals surface area contributed by atoms with E-state index < -0.39 is 0 Å². The molecule has 0 aliphatic heterocycles. The van der Waals surface area contributed by atoms with Gasteiger partial charge in [-0.2, -0.15) is 0 Å². The molecule has 0 saturated heterocycles. The van der Waals surface area contributed by atoms with Crippen LogP contribution >= 0.6 is 0 Å². The number of ether oxygens (including phenoxy) is 1. The van der Waals surface area contributed by atoms with E-state index in [4.69, 9.17) is 4.74 Å². The molecule has 1 aromatic heterocycles. The predicted molar refractivity (Wildman–Crippen MR) is 78.1 cm³/mol. The molecule has 1 aliphatic rings. The number of rotatable bonds is 4. The van der Waals surface area contributed by atoms with E-state index in [9.17, 15) is 4.79 Å². The van der Waals surface area contributed by atoms with Gasteiger partial charge < -0.3 is 28.7 Å². The van der Waals surface area contributed by atoms with E-state index in [1.54, 1.807) is 0 Å². The molecule has 0 unspecified atom stereocenters. The average Bonchev–Trinajstić information content (AvgIpc) is 2.42. The van der Waals surface area contributed by atoms with Crippen molar-refractivity contribution in [1.82, 2.24) is 0 Å². The number of hydrogen-bond donors (Lipinski definition) is 0. The SMILES string of the molecule is CC(C)C(=O)OC1(Cc2cccc[n+]2C)CCCCC1.[I-]. The maximum Gasteiger partial charge on any atom is 0.308 e. The van der Waals surface area contributed by atoms with Crippen molar-refractivity contribution in [2.75, 3.05) is 0 Å². The highest BCUT2D eigenvalue weighted by Gasteiger charge is 2.38. The molecule has 21 heavy (non-hydrogen) atoms. The number of carbonyl (C=O) groups is 1. The van der Waals surface area contributed by atoms with Gasteiger partial charge in [0.15, 0.2) is 11.9 Å². The molecule has 1 aliphatic carbocycles. The number of nitrogens with zero attached hydrogens (tertiary/aromatic N) is 1. The molecular weight excluding hydrogens is 377 g/mol. The third kappa shape index (κ3) is 4.94. The number of esters is 1. The topological polar surface area (TPSA) is 30.2 Å². The molecule has 1 aromatic rings. The Morgan fingerprint density at radius 1 is 1.29 bits per heavy atom. The van der Waals surface area contributed by atoms with Gasteiger partial charge in [0.05, 0.1) is 12.3 Å². The third-order valence-electron chi connectivity index (χ3n) is 4.22. The molecule has 0 amide bonds. The average molecular weight is 403 g/mol. The van der Waals surface area contributed by atoms with E-state index in [2.05, 4.69) is 29.9 Å². The number of aromatic nitrogens is 1. The van der Waals surface area contributed by atoms with Crippen LogP contribution in [0.2, 0.25) is 0 Å². The molecule has 1 heterocycles. The van der Waals surface area contributed by atoms with Crippen LogP contribution in [0.1, 0.15) is 51.6 Å². The Hall–Kier alpha value is -0.650. The second-order valence-corrected chi connectivity index (χ2v) is 6.30. The van der Waals surface area contributed by atoms with Gasteiger partial charge in [-0.15, -0.1) is 0 Å². The summed E-state index contributed by atoms with van der Waals surface area (Å²) in [4.78, 5) is 12.1. The zero-order chi connectivity index (χ0) is 14.6. The summed E-state index contributed by atoms with van der Waals surface area (Å²) in [6.45, 7) is 3.81. The minimum atomic E-state index is -0.293. The number of carbonyl (C=O) groups excluding carboxylic acids is 1. The highest BCUT2D eigenvalue weighted by atomic mass is 127. The summed E-state index contributed by atoms with van der Waals surface area (Å²) in [5.41, 5.74) is 0.935. The molecule has 1 saturated carbocycles. The van der Waals surface area contributed by atoms with Crippen LogP contribution in [0.15, 0.2) is 24.4 Å². The highest BCUT2D eigenvalue weighted by Crippen LogP contribution is 2.34. The molecule has 0 atom stereocenters. The maximum absolute atomic E-state index is 12.1. The summed E-state index contributed by atoms with van der Waals surface area (Å²) in [5.74, 6) is -0.121. The lowest BCUT2D eigenvalue weighted by Gasteiger charge is -2.36. The van der Waals surface area contributed by atoms with E-state index in [1.165, 1.54) is 12.1 Å². The van der Waals surface area contributed by atoms with Gasteiger partial charge in [-0.3, -0.25) is 4.79 Å². The predicted octanol–water partition coefficient (Wildman–Crippen LogP) is -0.0403. The smallest absolute Gasteiger partial charge is 0.308 e. The van der Waals surface area contributed by atoms with E-state index in [1.807, 2.05) is 19.9 Å². The van der Waals surface area contributed by atoms with Crippen molar-refractivity contribution in [3.05, 3.63) is 30.1 Å². The van der Waals surface area contributed by atoms with E-state index in [-0.39, 0.29) is 41.5 Å². The Bertz CT molecular complexity index is 468. The Labute approximate surface area is 145 Å². The number of pyridine rings is 1. The van der Waals surface area contributed by atoms with Gasteiger partial charge in [-0.25, -0.2) is 4.57 Å². The molecule has 1 fully saturated rings. The second-order valence-electron chi connectivity index (χ2n) is 6.30. The van der Waals surface area contributed by atoms with Gasteiger partial charge >= 0.3 is 5.97 Å². The molecule has 0 spiro atoms. The molecule has 0 N–H and O–H groups in total. The summed E-state index contributed by atoms with van der Waals surface area (Å²) in [7, 11) is 2.05. The van der Waals surface area contributed by atoms with Crippen molar-refractivity contribution in [1.29, 1.82) is 0 Å². The van der Waals surface area contributed by atoms with Crippen LogP contribution < -0.4 is 28.5 Å². The van der Waals surface area contributed by atoms with Gasteiger partial charge in [0, 0.05) is 12.1 Å². The van der Waals surface area contributed by atoms with E-state index >= 15 is 0 Å². The Kier molecular flexibility index (Phi) is 7.10. The fourth-order valence-corrected chi connectivity index (χ4v) is 2.91. The number of halogens is 1. The van der Waals surface area contributed by atoms with Crippen LogP contribution in [0.25, 0.3) is 0 Å². The molecule has 2 rings (SSSR count). The van der Waals surface area contributed by atoms with Crippen LogP contribution in [-0.2, 0) is 23.0 Å². The Morgan fingerprint density at radius 3 is 2.52 bits per heavy atom. The quantitative estimate of drug-likeness (QED) is 0.401. The Morgan fingerprint density at radius 2 is 1.95 bits per heavy atom. The molecule has 0 bridgehead atoms. The second kappa shape index (κ2) is 8.11. The zero-order valence-corrected chi connectivity index (χ0v) is 15.4. The van der Waals surface area contributed by atoms with Gasteiger partial charge in [-0.05, 0) is 25.7 Å². The maximum atomic E-state index is 12.1. The van der Waals surface area contributed by atoms with E-state index in [0.29, 0.717) is 0 Å². The first-order chi connectivity index (χ1) is 9.52. The summed E-state index contributed by atoms with van der Waals surface area (Å²) >= 11 is 0. The van der Waals surface area contributed by atoms with Crippen molar-refractivity contribution < 1.29 is 38.1 Å². The van der Waals surface area contributed by atoms with Crippen molar-refractivity contribution in [3.8, 4) is 0 Å². The van der Waals surface area contributed by atoms with Crippen LogP contribution in [0.3, 0.4) is 0 Å². The van der Waals surface area contributed by atoms with Gasteiger partial charge in [0.2, 0.25) is 0 Å². The minimum Gasteiger partial charge on any atom is -1.00 e. The summed E-state index contributed by atoms with van der Waals surface area (Å²) in [6.07, 6.45) is 8.41. The van der Waals surface area contributed by atoms with Gasteiger partial charge in [-0.1, -0.05) is 26.3 Å². The first kappa shape index (κ1) is 18.4. The number of hydrogen-bond acceptors (Lipinski definition) is 2. The largest absolute Gasteiger partial charge is 1.00 e. The zero-order valence-electron chi connectivity index (χ0n) is 13.3. The first-order valence-electron chi connectivity index (χ1n) is 7.69. The summed E-state index contributed by atoms with van der Waals surface area (Å²) in [6, 6.07) is 6.20. The molecule has 118 valence electrons. The summed E-state index contributed by atoms with van der Waals surface area (Å²) in [5, 5.41) is 0. The lowest BCUT2D eigenvalue weighted by atomic mass is 9.81. The molecule has 3 nitrogen and oxygen atoms in total. The van der Waals surface area contributed by atoms with Crippen molar-refractivity contribution >= 4 is 5.97 Å². The van der Waals surface area contributed by atoms with Crippen LogP contribution in [-0.4, -0.2) is 11.6 Å². The lowest BCUT2D eigenvalue weighted by Crippen LogP contribution is -3.00. The van der Waals surface area contributed by atoms with Crippen LogP contribution in [0.5, 0.6) is 0 Å². The van der Waals surface area contributed by atoms with Gasteiger partial charge in [0.25, 0.3) is 0 Å². The van der Waals surface area contributed by atoms with E-state index in [0.717, 1.165) is 32.1 Å². The third-order valence-corrected chi connectivity index (χ3v) is 4.22. The van der Waals surface area contributed by atoms with Crippen molar-refractivity contribution in [2.45, 2.75) is 58.0 Å². The lowest BCUT2D eigenvalue weighted by molar-refractivity contribution is -0.679. The highest BCUT2D eigenvalue weighted by molar-refractivity contribution is 5.72. The molecule has 0 radical (unpaired) electrons. The minimum absolute atomic E-state index is 0.